The minimum Gasteiger partial charge on any atom is -0.322 e. The summed E-state index contributed by atoms with van der Waals surface area (Å²) in [5.41, 5.74) is 2.40. The molecular formula is C19H16N4O2. The summed E-state index contributed by atoms with van der Waals surface area (Å²) in [4.78, 5) is 32.5. The fraction of sp³-hybridized carbons (Fsp3) is 0.0526. The molecule has 0 bridgehead atoms. The smallest absolute Gasteiger partial charge is 0.257 e. The molecule has 0 spiro atoms. The largest absolute Gasteiger partial charge is 0.322 e. The van der Waals surface area contributed by atoms with Gasteiger partial charge in [0.2, 0.25) is 0 Å². The van der Waals surface area contributed by atoms with Crippen LogP contribution in [0.25, 0.3) is 0 Å². The van der Waals surface area contributed by atoms with Gasteiger partial charge < -0.3 is 10.6 Å². The maximum Gasteiger partial charge on any atom is 0.257 e. The Morgan fingerprint density at radius 2 is 1.68 bits per heavy atom. The van der Waals surface area contributed by atoms with Crippen molar-refractivity contribution in [2.45, 2.75) is 6.92 Å². The van der Waals surface area contributed by atoms with Gasteiger partial charge in [0.1, 0.15) is 5.82 Å². The van der Waals surface area contributed by atoms with Crippen LogP contribution in [0.1, 0.15) is 26.3 Å². The molecule has 0 atom stereocenters. The Kier molecular flexibility index (Phi) is 4.80. The average molecular weight is 332 g/mol. The summed E-state index contributed by atoms with van der Waals surface area (Å²) in [6.07, 6.45) is 4.71. The quantitative estimate of drug-likeness (QED) is 0.768. The van der Waals surface area contributed by atoms with Crippen LogP contribution in [0.5, 0.6) is 0 Å². The Morgan fingerprint density at radius 3 is 2.44 bits per heavy atom. The number of aryl methyl sites for hydroxylation is 1. The number of hydrogen-bond donors (Lipinski definition) is 2. The number of pyridine rings is 2. The summed E-state index contributed by atoms with van der Waals surface area (Å²) >= 11 is 0. The van der Waals surface area contributed by atoms with Crippen molar-refractivity contribution >= 4 is 23.3 Å². The highest BCUT2D eigenvalue weighted by molar-refractivity contribution is 6.07. The lowest BCUT2D eigenvalue weighted by atomic mass is 10.1. The second-order valence-electron chi connectivity index (χ2n) is 5.45. The first kappa shape index (κ1) is 16.3. The molecule has 2 N–H and O–H groups in total. The molecule has 124 valence electrons. The Balaban J connectivity index is 1.72. The third-order valence-corrected chi connectivity index (χ3v) is 3.46. The van der Waals surface area contributed by atoms with E-state index in [0.717, 1.165) is 5.56 Å². The molecule has 0 fully saturated rings. The van der Waals surface area contributed by atoms with E-state index in [1.54, 1.807) is 54.9 Å². The summed E-state index contributed by atoms with van der Waals surface area (Å²) in [6, 6.07) is 13.7. The molecule has 0 aliphatic rings. The first-order valence-electron chi connectivity index (χ1n) is 7.67. The summed E-state index contributed by atoms with van der Waals surface area (Å²) in [5.74, 6) is -0.101. The molecular weight excluding hydrogens is 316 g/mol. The fourth-order valence-electron chi connectivity index (χ4n) is 2.23. The lowest BCUT2D eigenvalue weighted by Crippen LogP contribution is -2.15. The van der Waals surface area contributed by atoms with E-state index in [-0.39, 0.29) is 11.8 Å². The molecule has 0 unspecified atom stereocenters. The van der Waals surface area contributed by atoms with Gasteiger partial charge in [0.05, 0.1) is 5.56 Å². The van der Waals surface area contributed by atoms with Crippen molar-refractivity contribution in [3.05, 3.63) is 83.8 Å². The molecule has 0 saturated heterocycles. The molecule has 6 nitrogen and oxygen atoms in total. The zero-order valence-corrected chi connectivity index (χ0v) is 13.6. The summed E-state index contributed by atoms with van der Waals surface area (Å²) in [5, 5.41) is 5.49. The van der Waals surface area contributed by atoms with Crippen molar-refractivity contribution in [2.75, 3.05) is 10.6 Å². The van der Waals surface area contributed by atoms with Gasteiger partial charge >= 0.3 is 0 Å². The van der Waals surface area contributed by atoms with Gasteiger partial charge in [-0.2, -0.15) is 0 Å². The van der Waals surface area contributed by atoms with Gasteiger partial charge in [-0.25, -0.2) is 4.98 Å². The second kappa shape index (κ2) is 7.35. The van der Waals surface area contributed by atoms with Crippen molar-refractivity contribution in [3.63, 3.8) is 0 Å². The number of carbonyl (C=O) groups excluding carboxylic acids is 2. The van der Waals surface area contributed by atoms with Gasteiger partial charge in [-0.15, -0.1) is 0 Å². The number of carbonyl (C=O) groups is 2. The van der Waals surface area contributed by atoms with Gasteiger partial charge in [-0.3, -0.25) is 14.6 Å². The van der Waals surface area contributed by atoms with Crippen molar-refractivity contribution in [3.8, 4) is 0 Å². The third-order valence-electron chi connectivity index (χ3n) is 3.46. The Labute approximate surface area is 145 Å². The van der Waals surface area contributed by atoms with E-state index in [2.05, 4.69) is 20.6 Å². The molecule has 0 aliphatic carbocycles. The highest BCUT2D eigenvalue weighted by Crippen LogP contribution is 2.14. The first-order chi connectivity index (χ1) is 12.1. The van der Waals surface area contributed by atoms with Crippen LogP contribution in [-0.2, 0) is 0 Å². The molecule has 3 rings (SSSR count). The number of rotatable bonds is 4. The van der Waals surface area contributed by atoms with Crippen LogP contribution in [0.3, 0.4) is 0 Å². The van der Waals surface area contributed by atoms with E-state index in [1.807, 2.05) is 13.0 Å². The zero-order chi connectivity index (χ0) is 17.6. The molecule has 0 radical (unpaired) electrons. The van der Waals surface area contributed by atoms with E-state index in [0.29, 0.717) is 22.6 Å². The van der Waals surface area contributed by atoms with Gasteiger partial charge in [-0.05, 0) is 55.0 Å². The van der Waals surface area contributed by atoms with Gasteiger partial charge in [-0.1, -0.05) is 6.07 Å². The summed E-state index contributed by atoms with van der Waals surface area (Å²) in [7, 11) is 0. The predicted molar refractivity (Wildman–Crippen MR) is 95.6 cm³/mol. The molecule has 0 saturated carbocycles. The van der Waals surface area contributed by atoms with Crippen LogP contribution in [0.15, 0.2) is 67.1 Å². The summed E-state index contributed by atoms with van der Waals surface area (Å²) in [6.45, 7) is 1.92. The number of aromatic nitrogens is 2. The lowest BCUT2D eigenvalue weighted by Gasteiger charge is -2.08. The first-order valence-corrected chi connectivity index (χ1v) is 7.67. The maximum atomic E-state index is 12.4. The van der Waals surface area contributed by atoms with E-state index in [9.17, 15) is 9.59 Å². The summed E-state index contributed by atoms with van der Waals surface area (Å²) < 4.78 is 0. The monoisotopic (exact) mass is 332 g/mol. The number of hydrogen-bond acceptors (Lipinski definition) is 4. The van der Waals surface area contributed by atoms with Crippen LogP contribution < -0.4 is 10.6 Å². The standard InChI is InChI=1S/C19H16N4O2/c1-13-7-9-21-17(10-13)23-18(24)14-4-2-6-16(11-14)22-19(25)15-5-3-8-20-12-15/h2-12H,1H3,(H,22,25)(H,21,23,24). The second-order valence-corrected chi connectivity index (χ2v) is 5.45. The number of anilines is 2. The fourth-order valence-corrected chi connectivity index (χ4v) is 2.23. The van der Waals surface area contributed by atoms with Crippen molar-refractivity contribution in [1.29, 1.82) is 0 Å². The van der Waals surface area contributed by atoms with Gasteiger partial charge in [0.15, 0.2) is 0 Å². The van der Waals surface area contributed by atoms with Crippen molar-refractivity contribution in [2.24, 2.45) is 0 Å². The van der Waals surface area contributed by atoms with Gasteiger partial charge in [0, 0.05) is 29.8 Å². The average Bonchev–Trinajstić information content (AvgIpc) is 2.62. The normalized spacial score (nSPS) is 10.1. The van der Waals surface area contributed by atoms with Crippen LogP contribution in [0.2, 0.25) is 0 Å². The van der Waals surface area contributed by atoms with Crippen molar-refractivity contribution in [1.82, 2.24) is 9.97 Å². The maximum absolute atomic E-state index is 12.4. The molecule has 25 heavy (non-hydrogen) atoms. The minimum atomic E-state index is -0.296. The minimum absolute atomic E-state index is 0.286. The van der Waals surface area contributed by atoms with E-state index in [1.165, 1.54) is 6.20 Å². The van der Waals surface area contributed by atoms with Crippen LogP contribution in [-0.4, -0.2) is 21.8 Å². The number of benzene rings is 1. The number of amides is 2. The molecule has 6 heteroatoms. The highest BCUT2D eigenvalue weighted by atomic mass is 16.2. The van der Waals surface area contributed by atoms with Crippen LogP contribution >= 0.6 is 0 Å². The molecule has 0 aliphatic heterocycles. The molecule has 2 aromatic heterocycles. The number of nitrogens with zero attached hydrogens (tertiary/aromatic N) is 2. The Bertz CT molecular complexity index is 910. The molecule has 2 amide bonds. The highest BCUT2D eigenvalue weighted by Gasteiger charge is 2.10. The lowest BCUT2D eigenvalue weighted by molar-refractivity contribution is 0.101. The van der Waals surface area contributed by atoms with E-state index < -0.39 is 0 Å². The molecule has 3 aromatic rings. The predicted octanol–water partition coefficient (Wildman–Crippen LogP) is 3.29. The third kappa shape index (κ3) is 4.26. The molecule has 2 heterocycles. The topological polar surface area (TPSA) is 84.0 Å². The Morgan fingerprint density at radius 1 is 0.880 bits per heavy atom. The van der Waals surface area contributed by atoms with E-state index >= 15 is 0 Å². The zero-order valence-electron chi connectivity index (χ0n) is 13.6. The van der Waals surface area contributed by atoms with E-state index in [4.69, 9.17) is 0 Å². The number of nitrogens with one attached hydrogen (secondary N) is 2. The van der Waals surface area contributed by atoms with Crippen molar-refractivity contribution < 1.29 is 9.59 Å². The molecule has 1 aromatic carbocycles. The van der Waals surface area contributed by atoms with Gasteiger partial charge in [0.25, 0.3) is 11.8 Å². The Hall–Kier alpha value is -3.54. The van der Waals surface area contributed by atoms with Crippen LogP contribution in [0, 0.1) is 6.92 Å². The SMILES string of the molecule is Cc1ccnc(NC(=O)c2cccc(NC(=O)c3cccnc3)c2)c1. The van der Waals surface area contributed by atoms with Crippen LogP contribution in [0.4, 0.5) is 11.5 Å².